The summed E-state index contributed by atoms with van der Waals surface area (Å²) in [6.45, 7) is 4.12. The molecular formula is C25H23N3OS2. The van der Waals surface area contributed by atoms with Gasteiger partial charge < -0.3 is 15.2 Å². The lowest BCUT2D eigenvalue weighted by molar-refractivity contribution is 0.898. The van der Waals surface area contributed by atoms with Crippen molar-refractivity contribution in [3.63, 3.8) is 0 Å². The number of nitrogens with zero attached hydrogens (tertiary/aromatic N) is 1. The molecule has 1 heterocycles. The molecule has 4 rings (SSSR count). The van der Waals surface area contributed by atoms with Crippen LogP contribution in [0.15, 0.2) is 87.4 Å². The molecule has 4 aromatic rings. The van der Waals surface area contributed by atoms with Gasteiger partial charge >= 0.3 is 0 Å². The minimum atomic E-state index is -0.00957. The lowest BCUT2D eigenvalue weighted by Gasteiger charge is -2.12. The first-order valence-electron chi connectivity index (χ1n) is 9.92. The number of fused-ring (bicyclic) bond motifs is 1. The van der Waals surface area contributed by atoms with E-state index >= 15 is 0 Å². The number of rotatable bonds is 4. The second-order valence-electron chi connectivity index (χ2n) is 7.50. The van der Waals surface area contributed by atoms with Gasteiger partial charge in [-0.1, -0.05) is 41.1 Å². The minimum absolute atomic E-state index is 0.00957. The Labute approximate surface area is 191 Å². The SMILES string of the molecule is Cc1ccc(NC(=S)Nc2ccc(Sc3cc(=O)n(C)c4ccc(C)cc34)cc2)cc1. The third-order valence-corrected chi connectivity index (χ3v) is 6.28. The number of aromatic nitrogens is 1. The largest absolute Gasteiger partial charge is 0.332 e. The number of aryl methyl sites for hydroxylation is 3. The standard InChI is InChI=1S/C25H23N3OS2/c1-16-4-7-18(8-5-16)26-25(30)27-19-9-11-20(12-10-19)31-23-15-24(29)28(3)22-13-6-17(2)14-21(22)23/h4-15H,1-3H3,(H2,26,27,30). The summed E-state index contributed by atoms with van der Waals surface area (Å²) in [6.07, 6.45) is 0. The topological polar surface area (TPSA) is 46.1 Å². The molecule has 0 atom stereocenters. The van der Waals surface area contributed by atoms with Gasteiger partial charge in [0.1, 0.15) is 0 Å². The third-order valence-electron chi connectivity index (χ3n) is 5.01. The number of anilines is 2. The molecular weight excluding hydrogens is 422 g/mol. The molecule has 0 unspecified atom stereocenters. The number of hydrogen-bond acceptors (Lipinski definition) is 3. The maximum absolute atomic E-state index is 12.4. The lowest BCUT2D eigenvalue weighted by atomic mass is 10.1. The summed E-state index contributed by atoms with van der Waals surface area (Å²) in [7, 11) is 1.81. The van der Waals surface area contributed by atoms with Crippen molar-refractivity contribution in [3.8, 4) is 0 Å². The van der Waals surface area contributed by atoms with Crippen LogP contribution in [-0.2, 0) is 7.05 Å². The van der Waals surface area contributed by atoms with Crippen molar-refractivity contribution < 1.29 is 0 Å². The summed E-state index contributed by atoms with van der Waals surface area (Å²) in [5, 5.41) is 8.01. The summed E-state index contributed by atoms with van der Waals surface area (Å²) in [6, 6.07) is 24.0. The van der Waals surface area contributed by atoms with Crippen LogP contribution in [0, 0.1) is 13.8 Å². The minimum Gasteiger partial charge on any atom is -0.332 e. The number of pyridine rings is 1. The first kappa shape index (κ1) is 21.2. The van der Waals surface area contributed by atoms with E-state index < -0.39 is 0 Å². The fraction of sp³-hybridized carbons (Fsp3) is 0.120. The zero-order chi connectivity index (χ0) is 22.0. The van der Waals surface area contributed by atoms with E-state index in [2.05, 4.69) is 30.5 Å². The molecule has 4 nitrogen and oxygen atoms in total. The molecule has 6 heteroatoms. The van der Waals surface area contributed by atoms with Crippen molar-refractivity contribution in [2.75, 3.05) is 10.6 Å². The quantitative estimate of drug-likeness (QED) is 0.371. The predicted octanol–water partition coefficient (Wildman–Crippen LogP) is 6.12. The van der Waals surface area contributed by atoms with E-state index in [0.717, 1.165) is 32.1 Å². The van der Waals surface area contributed by atoms with Gasteiger partial charge in [0.15, 0.2) is 5.11 Å². The Morgan fingerprint density at radius 1 is 0.839 bits per heavy atom. The number of hydrogen-bond donors (Lipinski definition) is 2. The highest BCUT2D eigenvalue weighted by Gasteiger charge is 2.09. The van der Waals surface area contributed by atoms with Gasteiger partial charge in [-0.3, -0.25) is 4.79 Å². The van der Waals surface area contributed by atoms with Crippen LogP contribution in [0.4, 0.5) is 11.4 Å². The summed E-state index contributed by atoms with van der Waals surface area (Å²) >= 11 is 7.01. The second-order valence-corrected chi connectivity index (χ2v) is 9.02. The lowest BCUT2D eigenvalue weighted by Crippen LogP contribution is -2.18. The molecule has 156 valence electrons. The van der Waals surface area contributed by atoms with Crippen LogP contribution < -0.4 is 16.2 Å². The smallest absolute Gasteiger partial charge is 0.251 e. The molecule has 0 amide bonds. The third kappa shape index (κ3) is 4.98. The second kappa shape index (κ2) is 8.96. The van der Waals surface area contributed by atoms with E-state index in [1.807, 2.05) is 67.7 Å². The number of thiocarbonyl (C=S) groups is 1. The summed E-state index contributed by atoms with van der Waals surface area (Å²) < 4.78 is 1.69. The van der Waals surface area contributed by atoms with E-state index in [1.165, 1.54) is 11.1 Å². The molecule has 0 aliphatic heterocycles. The van der Waals surface area contributed by atoms with Crippen LogP contribution >= 0.6 is 24.0 Å². The Balaban J connectivity index is 1.49. The Hall–Kier alpha value is -3.09. The van der Waals surface area contributed by atoms with Crippen molar-refractivity contribution in [2.24, 2.45) is 7.05 Å². The summed E-state index contributed by atoms with van der Waals surface area (Å²) in [5.74, 6) is 0. The van der Waals surface area contributed by atoms with Crippen LogP contribution in [0.2, 0.25) is 0 Å². The molecule has 0 spiro atoms. The van der Waals surface area contributed by atoms with Crippen molar-refractivity contribution in [2.45, 2.75) is 23.6 Å². The van der Waals surface area contributed by atoms with E-state index in [4.69, 9.17) is 12.2 Å². The average Bonchev–Trinajstić information content (AvgIpc) is 2.75. The molecule has 31 heavy (non-hydrogen) atoms. The van der Waals surface area contributed by atoms with Crippen LogP contribution in [-0.4, -0.2) is 9.68 Å². The maximum atomic E-state index is 12.4. The first-order chi connectivity index (χ1) is 14.9. The molecule has 0 fully saturated rings. The highest BCUT2D eigenvalue weighted by molar-refractivity contribution is 7.99. The van der Waals surface area contributed by atoms with E-state index in [-0.39, 0.29) is 5.56 Å². The molecule has 0 aliphatic rings. The highest BCUT2D eigenvalue weighted by Crippen LogP contribution is 2.33. The first-order valence-corrected chi connectivity index (χ1v) is 11.1. The van der Waals surface area contributed by atoms with E-state index in [0.29, 0.717) is 5.11 Å². The Kier molecular flexibility index (Phi) is 6.11. The Morgan fingerprint density at radius 2 is 1.42 bits per heavy atom. The van der Waals surface area contributed by atoms with Gasteiger partial charge in [-0.05, 0) is 74.6 Å². The van der Waals surface area contributed by atoms with Gasteiger partial charge in [0, 0.05) is 39.7 Å². The molecule has 0 bridgehead atoms. The van der Waals surface area contributed by atoms with Gasteiger partial charge in [0.05, 0.1) is 5.52 Å². The average molecular weight is 446 g/mol. The van der Waals surface area contributed by atoms with E-state index in [1.54, 1.807) is 22.4 Å². The van der Waals surface area contributed by atoms with Crippen molar-refractivity contribution in [1.29, 1.82) is 0 Å². The van der Waals surface area contributed by atoms with Crippen molar-refractivity contribution >= 4 is 51.4 Å². The van der Waals surface area contributed by atoms with Crippen LogP contribution in [0.1, 0.15) is 11.1 Å². The monoisotopic (exact) mass is 445 g/mol. The summed E-state index contributed by atoms with van der Waals surface area (Å²) in [4.78, 5) is 14.4. The molecule has 0 radical (unpaired) electrons. The fourth-order valence-corrected chi connectivity index (χ4v) is 4.49. The molecule has 0 aliphatic carbocycles. The molecule has 2 N–H and O–H groups in total. The van der Waals surface area contributed by atoms with Crippen molar-refractivity contribution in [3.05, 3.63) is 94.3 Å². The van der Waals surface area contributed by atoms with Gasteiger partial charge in [-0.25, -0.2) is 0 Å². The van der Waals surface area contributed by atoms with Crippen LogP contribution in [0.5, 0.6) is 0 Å². The molecule has 0 saturated carbocycles. The Bertz CT molecular complexity index is 1310. The maximum Gasteiger partial charge on any atom is 0.251 e. The molecule has 1 aromatic heterocycles. The molecule has 3 aromatic carbocycles. The summed E-state index contributed by atoms with van der Waals surface area (Å²) in [5.41, 5.74) is 5.15. The molecule has 0 saturated heterocycles. The van der Waals surface area contributed by atoms with Crippen LogP contribution in [0.25, 0.3) is 10.9 Å². The highest BCUT2D eigenvalue weighted by atomic mass is 32.2. The zero-order valence-corrected chi connectivity index (χ0v) is 19.2. The number of benzene rings is 3. The van der Waals surface area contributed by atoms with E-state index in [9.17, 15) is 4.79 Å². The number of nitrogens with one attached hydrogen (secondary N) is 2. The van der Waals surface area contributed by atoms with Gasteiger partial charge in [0.25, 0.3) is 5.56 Å². The fourth-order valence-electron chi connectivity index (χ4n) is 3.29. The zero-order valence-electron chi connectivity index (χ0n) is 17.6. The van der Waals surface area contributed by atoms with Crippen molar-refractivity contribution in [1.82, 2.24) is 4.57 Å². The van der Waals surface area contributed by atoms with Crippen LogP contribution in [0.3, 0.4) is 0 Å². The van der Waals surface area contributed by atoms with Gasteiger partial charge in [0.2, 0.25) is 0 Å². The Morgan fingerprint density at radius 3 is 2.06 bits per heavy atom. The normalized spacial score (nSPS) is 10.8. The van der Waals surface area contributed by atoms with Gasteiger partial charge in [-0.15, -0.1) is 0 Å². The van der Waals surface area contributed by atoms with Gasteiger partial charge in [-0.2, -0.15) is 0 Å². The predicted molar refractivity (Wildman–Crippen MR) is 136 cm³/mol.